The summed E-state index contributed by atoms with van der Waals surface area (Å²) in [5.41, 5.74) is 0.980. The van der Waals surface area contributed by atoms with Crippen LogP contribution in [0.2, 0.25) is 0 Å². The summed E-state index contributed by atoms with van der Waals surface area (Å²) in [5.74, 6) is 2.26. The molecule has 3 aliphatic rings. The third-order valence-electron chi connectivity index (χ3n) is 3.26. The maximum Gasteiger partial charge on any atom is 0.0950 e. The molecule has 4 atom stereocenters. The largest absolute Gasteiger partial charge is 0.193 e. The van der Waals surface area contributed by atoms with Gasteiger partial charge in [-0.25, -0.2) is 0 Å². The van der Waals surface area contributed by atoms with E-state index in [1.165, 1.54) is 0 Å². The van der Waals surface area contributed by atoms with E-state index in [2.05, 4.69) is 36.4 Å². The second-order valence-corrected chi connectivity index (χ2v) is 3.76. The van der Waals surface area contributed by atoms with Gasteiger partial charge in [-0.05, 0) is 11.8 Å². The number of rotatable bonds is 0. The molecule has 0 spiro atoms. The molecule has 0 unspecified atom stereocenters. The molecule has 0 radical (unpaired) electrons. The van der Waals surface area contributed by atoms with Crippen molar-refractivity contribution < 1.29 is 0 Å². The van der Waals surface area contributed by atoms with Crippen molar-refractivity contribution in [2.45, 2.75) is 0 Å². The Balaban J connectivity index is 2.12. The Labute approximate surface area is 71.7 Å². The number of nitrogens with zero attached hydrogens (tertiary/aromatic N) is 1. The van der Waals surface area contributed by atoms with E-state index >= 15 is 0 Å². The Bertz CT molecular complexity index is 354. The average Bonchev–Trinajstić information content (AvgIpc) is 2.72. The van der Waals surface area contributed by atoms with E-state index in [0.717, 1.165) is 5.57 Å². The van der Waals surface area contributed by atoms with Crippen molar-refractivity contribution in [1.82, 2.24) is 0 Å². The summed E-state index contributed by atoms with van der Waals surface area (Å²) >= 11 is 0. The van der Waals surface area contributed by atoms with E-state index in [1.807, 2.05) is 0 Å². The van der Waals surface area contributed by atoms with E-state index in [4.69, 9.17) is 5.26 Å². The number of nitriles is 1. The van der Waals surface area contributed by atoms with Crippen molar-refractivity contribution in [3.8, 4) is 6.07 Å². The molecule has 0 bridgehead atoms. The molecule has 0 N–H and O–H groups in total. The van der Waals surface area contributed by atoms with Gasteiger partial charge in [0.25, 0.3) is 0 Å². The zero-order valence-electron chi connectivity index (χ0n) is 6.64. The lowest BCUT2D eigenvalue weighted by atomic mass is 9.87. The standard InChI is InChI=1S/C11H9N/c12-6-9-5-8-2-1-7-3-4-10(9)11(7)8/h1-5,7-8,10-11H/t7-,8+,10+,11+/m0/s1. The van der Waals surface area contributed by atoms with Gasteiger partial charge in [-0.3, -0.25) is 0 Å². The third-order valence-corrected chi connectivity index (χ3v) is 3.26. The van der Waals surface area contributed by atoms with Crippen LogP contribution in [-0.4, -0.2) is 0 Å². The van der Waals surface area contributed by atoms with Crippen LogP contribution in [0.4, 0.5) is 0 Å². The lowest BCUT2D eigenvalue weighted by Gasteiger charge is -2.14. The lowest BCUT2D eigenvalue weighted by molar-refractivity contribution is 0.415. The monoisotopic (exact) mass is 155 g/mol. The molecule has 0 saturated carbocycles. The molecular weight excluding hydrogens is 146 g/mol. The van der Waals surface area contributed by atoms with Gasteiger partial charge in [-0.2, -0.15) is 5.26 Å². The molecule has 0 aromatic carbocycles. The summed E-state index contributed by atoms with van der Waals surface area (Å²) in [4.78, 5) is 0. The molecule has 3 rings (SSSR count). The summed E-state index contributed by atoms with van der Waals surface area (Å²) in [5, 5.41) is 8.86. The zero-order valence-corrected chi connectivity index (χ0v) is 6.64. The van der Waals surface area contributed by atoms with Crippen LogP contribution in [0.5, 0.6) is 0 Å². The SMILES string of the molecule is N#CC1=C[C@H]2C=C[C@H]3C=C[C@H]1[C@H]32. The maximum absolute atomic E-state index is 8.86. The first-order valence-corrected chi connectivity index (χ1v) is 4.38. The van der Waals surface area contributed by atoms with Crippen LogP contribution in [0, 0.1) is 35.0 Å². The second kappa shape index (κ2) is 1.90. The average molecular weight is 155 g/mol. The molecule has 58 valence electrons. The van der Waals surface area contributed by atoms with Gasteiger partial charge >= 0.3 is 0 Å². The molecule has 0 fully saturated rings. The quantitative estimate of drug-likeness (QED) is 0.491. The van der Waals surface area contributed by atoms with Gasteiger partial charge in [0.05, 0.1) is 6.07 Å². The van der Waals surface area contributed by atoms with E-state index in [-0.39, 0.29) is 0 Å². The van der Waals surface area contributed by atoms with Crippen LogP contribution in [0.1, 0.15) is 0 Å². The van der Waals surface area contributed by atoms with Gasteiger partial charge in [0, 0.05) is 17.4 Å². The zero-order chi connectivity index (χ0) is 8.13. The smallest absolute Gasteiger partial charge is 0.0950 e. The van der Waals surface area contributed by atoms with Crippen LogP contribution < -0.4 is 0 Å². The molecule has 1 nitrogen and oxygen atoms in total. The molecule has 0 heterocycles. The minimum Gasteiger partial charge on any atom is -0.193 e. The molecule has 0 aromatic heterocycles. The van der Waals surface area contributed by atoms with Crippen LogP contribution in [-0.2, 0) is 0 Å². The number of hydrogen-bond donors (Lipinski definition) is 0. The number of hydrogen-bond acceptors (Lipinski definition) is 1. The molecule has 1 heteroatoms. The maximum atomic E-state index is 8.86. The third kappa shape index (κ3) is 0.549. The van der Waals surface area contributed by atoms with Crippen molar-refractivity contribution in [1.29, 1.82) is 5.26 Å². The van der Waals surface area contributed by atoms with Crippen molar-refractivity contribution in [3.63, 3.8) is 0 Å². The van der Waals surface area contributed by atoms with Crippen LogP contribution in [0.3, 0.4) is 0 Å². The summed E-state index contributed by atoms with van der Waals surface area (Å²) in [6.07, 6.45) is 11.1. The summed E-state index contributed by atoms with van der Waals surface area (Å²) in [7, 11) is 0. The topological polar surface area (TPSA) is 23.8 Å². The first-order chi connectivity index (χ1) is 5.90. The Hall–Kier alpha value is -1.29. The minimum absolute atomic E-state index is 0.431. The predicted octanol–water partition coefficient (Wildman–Crippen LogP) is 2.05. The van der Waals surface area contributed by atoms with Crippen LogP contribution in [0.25, 0.3) is 0 Å². The van der Waals surface area contributed by atoms with Gasteiger partial charge in [0.15, 0.2) is 0 Å². The highest BCUT2D eigenvalue weighted by Gasteiger charge is 2.44. The Kier molecular flexibility index (Phi) is 0.988. The lowest BCUT2D eigenvalue weighted by Crippen LogP contribution is -2.12. The van der Waals surface area contributed by atoms with Gasteiger partial charge < -0.3 is 0 Å². The van der Waals surface area contributed by atoms with Crippen molar-refractivity contribution >= 4 is 0 Å². The number of allylic oxidation sites excluding steroid dienone is 6. The fraction of sp³-hybridized carbons (Fsp3) is 0.364. The fourth-order valence-corrected chi connectivity index (χ4v) is 2.73. The van der Waals surface area contributed by atoms with Crippen LogP contribution in [0.15, 0.2) is 36.0 Å². The molecule has 12 heavy (non-hydrogen) atoms. The van der Waals surface area contributed by atoms with Gasteiger partial charge in [-0.15, -0.1) is 0 Å². The summed E-state index contributed by atoms with van der Waals surface area (Å²) < 4.78 is 0. The molecular formula is C11H9N. The Morgan fingerprint density at radius 2 is 1.83 bits per heavy atom. The van der Waals surface area contributed by atoms with Crippen molar-refractivity contribution in [3.05, 3.63) is 36.0 Å². The highest BCUT2D eigenvalue weighted by Crippen LogP contribution is 2.50. The minimum atomic E-state index is 0.431. The Morgan fingerprint density at radius 3 is 2.67 bits per heavy atom. The van der Waals surface area contributed by atoms with E-state index in [0.29, 0.717) is 23.7 Å². The second-order valence-electron chi connectivity index (χ2n) is 3.76. The predicted molar refractivity (Wildman–Crippen MR) is 45.9 cm³/mol. The first kappa shape index (κ1) is 6.25. The summed E-state index contributed by atoms with van der Waals surface area (Å²) in [6.45, 7) is 0. The Morgan fingerprint density at radius 1 is 1.08 bits per heavy atom. The fourth-order valence-electron chi connectivity index (χ4n) is 2.73. The van der Waals surface area contributed by atoms with Crippen LogP contribution >= 0.6 is 0 Å². The van der Waals surface area contributed by atoms with E-state index in [9.17, 15) is 0 Å². The van der Waals surface area contributed by atoms with Crippen molar-refractivity contribution in [2.24, 2.45) is 23.7 Å². The van der Waals surface area contributed by atoms with E-state index < -0.39 is 0 Å². The summed E-state index contributed by atoms with van der Waals surface area (Å²) in [6, 6.07) is 2.30. The molecule has 0 aromatic rings. The molecule has 0 saturated heterocycles. The molecule has 0 aliphatic heterocycles. The highest BCUT2D eigenvalue weighted by molar-refractivity contribution is 5.43. The highest BCUT2D eigenvalue weighted by atomic mass is 14.5. The molecule has 0 amide bonds. The normalized spacial score (nSPS) is 46.1. The van der Waals surface area contributed by atoms with E-state index in [1.54, 1.807) is 0 Å². The van der Waals surface area contributed by atoms with Gasteiger partial charge in [0.2, 0.25) is 0 Å². The van der Waals surface area contributed by atoms with Gasteiger partial charge in [-0.1, -0.05) is 30.4 Å². The van der Waals surface area contributed by atoms with Gasteiger partial charge in [0.1, 0.15) is 0 Å². The first-order valence-electron chi connectivity index (χ1n) is 4.38. The van der Waals surface area contributed by atoms with Crippen molar-refractivity contribution in [2.75, 3.05) is 0 Å². The molecule has 3 aliphatic carbocycles.